The fourth-order valence-corrected chi connectivity index (χ4v) is 3.37. The summed E-state index contributed by atoms with van der Waals surface area (Å²) >= 11 is 0. The van der Waals surface area contributed by atoms with Gasteiger partial charge in [0.1, 0.15) is 0 Å². The van der Waals surface area contributed by atoms with Gasteiger partial charge in [-0.15, -0.1) is 5.10 Å². The van der Waals surface area contributed by atoms with E-state index in [2.05, 4.69) is 31.1 Å². The van der Waals surface area contributed by atoms with Crippen LogP contribution in [-0.2, 0) is 12.8 Å². The first-order chi connectivity index (χ1) is 14.2. The minimum absolute atomic E-state index is 0.195. The number of carbonyl (C=O) groups excluding carboxylic acids is 1. The third-order valence-electron chi connectivity index (χ3n) is 5.11. The largest absolute Gasteiger partial charge is 0.350 e. The van der Waals surface area contributed by atoms with Crippen LogP contribution in [0.3, 0.4) is 0 Å². The summed E-state index contributed by atoms with van der Waals surface area (Å²) in [6.07, 6.45) is 5.22. The number of nitrogens with one attached hydrogen (secondary N) is 2. The Kier molecular flexibility index (Phi) is 5.95. The number of nitrogens with zero attached hydrogens (tertiary/aromatic N) is 5. The summed E-state index contributed by atoms with van der Waals surface area (Å²) in [6.45, 7) is 4.45. The highest BCUT2D eigenvalue weighted by Gasteiger charge is 2.18. The highest BCUT2D eigenvalue weighted by molar-refractivity contribution is 5.91. The number of amides is 1. The molecule has 3 aromatic rings. The summed E-state index contributed by atoms with van der Waals surface area (Å²) in [5.74, 6) is 1.03. The Balaban J connectivity index is 1.27. The minimum Gasteiger partial charge on any atom is -0.350 e. The SMILES string of the molecule is CCc1noc(-c2ccc(CCNC(=O)c3cn(C4CCNCC4)nn3)cc2)n1. The van der Waals surface area contributed by atoms with Gasteiger partial charge in [0.15, 0.2) is 11.5 Å². The average Bonchev–Trinajstić information content (AvgIpc) is 3.45. The molecule has 4 rings (SSSR count). The van der Waals surface area contributed by atoms with E-state index in [4.69, 9.17) is 4.52 Å². The first kappa shape index (κ1) is 19.3. The van der Waals surface area contributed by atoms with Crippen LogP contribution in [0.4, 0.5) is 0 Å². The number of aryl methyl sites for hydroxylation is 1. The Labute approximate surface area is 168 Å². The van der Waals surface area contributed by atoms with Crippen LogP contribution in [-0.4, -0.2) is 50.7 Å². The van der Waals surface area contributed by atoms with Crippen LogP contribution < -0.4 is 10.6 Å². The van der Waals surface area contributed by atoms with E-state index in [-0.39, 0.29) is 5.91 Å². The first-order valence-corrected chi connectivity index (χ1v) is 10.1. The molecule has 0 radical (unpaired) electrons. The zero-order valence-corrected chi connectivity index (χ0v) is 16.5. The van der Waals surface area contributed by atoms with Crippen molar-refractivity contribution >= 4 is 5.91 Å². The summed E-state index contributed by atoms with van der Waals surface area (Å²) < 4.78 is 7.07. The van der Waals surface area contributed by atoms with Crippen LogP contribution >= 0.6 is 0 Å². The molecule has 152 valence electrons. The third kappa shape index (κ3) is 4.68. The van der Waals surface area contributed by atoms with Crippen molar-refractivity contribution in [2.75, 3.05) is 19.6 Å². The molecule has 1 fully saturated rings. The summed E-state index contributed by atoms with van der Waals surface area (Å²) in [5.41, 5.74) is 2.36. The molecule has 1 amide bonds. The van der Waals surface area contributed by atoms with Crippen LogP contribution in [0.2, 0.25) is 0 Å². The summed E-state index contributed by atoms with van der Waals surface area (Å²) in [6, 6.07) is 8.23. The highest BCUT2D eigenvalue weighted by Crippen LogP contribution is 2.18. The second kappa shape index (κ2) is 8.95. The van der Waals surface area contributed by atoms with Gasteiger partial charge in [0, 0.05) is 18.5 Å². The smallest absolute Gasteiger partial charge is 0.273 e. The van der Waals surface area contributed by atoms with Gasteiger partial charge >= 0.3 is 0 Å². The van der Waals surface area contributed by atoms with Crippen LogP contribution in [0, 0.1) is 0 Å². The monoisotopic (exact) mass is 395 g/mol. The van der Waals surface area contributed by atoms with Crippen molar-refractivity contribution in [1.82, 2.24) is 35.8 Å². The summed E-state index contributed by atoms with van der Waals surface area (Å²) in [7, 11) is 0. The van der Waals surface area contributed by atoms with Gasteiger partial charge < -0.3 is 15.2 Å². The van der Waals surface area contributed by atoms with Crippen molar-refractivity contribution < 1.29 is 9.32 Å². The van der Waals surface area contributed by atoms with Crippen LogP contribution in [0.1, 0.15) is 47.7 Å². The topological polar surface area (TPSA) is 111 Å². The Morgan fingerprint density at radius 1 is 1.28 bits per heavy atom. The van der Waals surface area contributed by atoms with E-state index in [1.807, 2.05) is 35.9 Å². The van der Waals surface area contributed by atoms with Gasteiger partial charge in [0.25, 0.3) is 11.8 Å². The van der Waals surface area contributed by atoms with Gasteiger partial charge in [-0.1, -0.05) is 29.4 Å². The van der Waals surface area contributed by atoms with E-state index in [1.54, 1.807) is 6.20 Å². The molecule has 0 atom stereocenters. The molecule has 3 heterocycles. The van der Waals surface area contributed by atoms with Gasteiger partial charge in [-0.2, -0.15) is 4.98 Å². The number of benzene rings is 1. The third-order valence-corrected chi connectivity index (χ3v) is 5.11. The maximum atomic E-state index is 12.3. The number of carbonyl (C=O) groups is 1. The minimum atomic E-state index is -0.195. The second-order valence-corrected chi connectivity index (χ2v) is 7.14. The van der Waals surface area contributed by atoms with E-state index in [0.717, 1.165) is 49.9 Å². The fourth-order valence-electron chi connectivity index (χ4n) is 3.37. The van der Waals surface area contributed by atoms with E-state index < -0.39 is 0 Å². The van der Waals surface area contributed by atoms with E-state index in [1.165, 1.54) is 0 Å². The predicted molar refractivity (Wildman–Crippen MR) is 106 cm³/mol. The molecule has 0 unspecified atom stereocenters. The molecule has 29 heavy (non-hydrogen) atoms. The van der Waals surface area contributed by atoms with Gasteiger partial charge in [0.05, 0.1) is 12.2 Å². The Bertz CT molecular complexity index is 942. The summed E-state index contributed by atoms with van der Waals surface area (Å²) in [4.78, 5) is 16.7. The lowest BCUT2D eigenvalue weighted by Crippen LogP contribution is -2.29. The van der Waals surface area contributed by atoms with Gasteiger partial charge in [-0.3, -0.25) is 4.79 Å². The molecule has 0 aliphatic carbocycles. The van der Waals surface area contributed by atoms with Crippen LogP contribution in [0.5, 0.6) is 0 Å². The zero-order valence-electron chi connectivity index (χ0n) is 16.5. The highest BCUT2D eigenvalue weighted by atomic mass is 16.5. The van der Waals surface area contributed by atoms with E-state index in [9.17, 15) is 4.79 Å². The number of rotatable bonds is 7. The lowest BCUT2D eigenvalue weighted by molar-refractivity contribution is 0.0949. The number of aromatic nitrogens is 5. The molecule has 1 aliphatic heterocycles. The van der Waals surface area contributed by atoms with Gasteiger partial charge in [-0.25, -0.2) is 4.68 Å². The van der Waals surface area contributed by atoms with Gasteiger partial charge in [0.2, 0.25) is 0 Å². The van der Waals surface area contributed by atoms with Crippen molar-refractivity contribution in [3.8, 4) is 11.5 Å². The predicted octanol–water partition coefficient (Wildman–Crippen LogP) is 1.79. The maximum Gasteiger partial charge on any atom is 0.273 e. The van der Waals surface area contributed by atoms with E-state index >= 15 is 0 Å². The Hall–Kier alpha value is -3.07. The molecule has 9 heteroatoms. The molecule has 0 spiro atoms. The molecule has 2 aromatic heterocycles. The molecule has 0 saturated carbocycles. The second-order valence-electron chi connectivity index (χ2n) is 7.14. The van der Waals surface area contributed by atoms with E-state index in [0.29, 0.717) is 30.0 Å². The maximum absolute atomic E-state index is 12.3. The molecule has 0 bridgehead atoms. The number of hydrogen-bond donors (Lipinski definition) is 2. The molecule has 9 nitrogen and oxygen atoms in total. The standard InChI is InChI=1S/C20H25N7O2/c1-2-18-23-20(29-25-18)15-5-3-14(4-6-15)7-12-22-19(28)17-13-27(26-24-17)16-8-10-21-11-9-16/h3-6,13,16,21H,2,7-12H2,1H3,(H,22,28). The van der Waals surface area contributed by atoms with Crippen molar-refractivity contribution in [3.63, 3.8) is 0 Å². The van der Waals surface area contributed by atoms with Crippen molar-refractivity contribution in [2.24, 2.45) is 0 Å². The summed E-state index contributed by atoms with van der Waals surface area (Å²) in [5, 5.41) is 18.3. The number of hydrogen-bond acceptors (Lipinski definition) is 7. The molecule has 2 N–H and O–H groups in total. The molecule has 1 aliphatic rings. The quantitative estimate of drug-likeness (QED) is 0.627. The zero-order chi connectivity index (χ0) is 20.1. The van der Waals surface area contributed by atoms with Crippen molar-refractivity contribution in [1.29, 1.82) is 0 Å². The Morgan fingerprint density at radius 2 is 2.07 bits per heavy atom. The Morgan fingerprint density at radius 3 is 2.79 bits per heavy atom. The van der Waals surface area contributed by atoms with Crippen LogP contribution in [0.15, 0.2) is 35.0 Å². The van der Waals surface area contributed by atoms with Gasteiger partial charge in [-0.05, 0) is 50.0 Å². The average molecular weight is 395 g/mol. The van der Waals surface area contributed by atoms with Crippen molar-refractivity contribution in [3.05, 3.63) is 47.5 Å². The normalized spacial score (nSPS) is 14.8. The first-order valence-electron chi connectivity index (χ1n) is 10.1. The molecule has 1 saturated heterocycles. The lowest BCUT2D eigenvalue weighted by atomic mass is 10.1. The van der Waals surface area contributed by atoms with Crippen LogP contribution in [0.25, 0.3) is 11.5 Å². The number of piperidine rings is 1. The molecule has 1 aromatic carbocycles. The lowest BCUT2D eigenvalue weighted by Gasteiger charge is -2.22. The fraction of sp³-hybridized carbons (Fsp3) is 0.450. The molecular formula is C20H25N7O2. The van der Waals surface area contributed by atoms with Crippen molar-refractivity contribution in [2.45, 2.75) is 38.6 Å². The molecular weight excluding hydrogens is 370 g/mol.